The molecule has 1 saturated heterocycles. The van der Waals surface area contributed by atoms with Crippen molar-refractivity contribution in [1.29, 1.82) is 0 Å². The van der Waals surface area contributed by atoms with Gasteiger partial charge in [0.05, 0.1) is 29.7 Å². The molecule has 9 heteroatoms. The summed E-state index contributed by atoms with van der Waals surface area (Å²) in [6.07, 6.45) is 4.69. The molecule has 3 N–H and O–H groups in total. The molecule has 1 aliphatic rings. The Morgan fingerprint density at radius 3 is 2.78 bits per heavy atom. The summed E-state index contributed by atoms with van der Waals surface area (Å²) in [5, 5.41) is 27.1. The molecule has 136 valence electrons. The van der Waals surface area contributed by atoms with E-state index in [0.717, 1.165) is 24.1 Å². The number of rotatable bonds is 4. The summed E-state index contributed by atoms with van der Waals surface area (Å²) in [5.41, 5.74) is 3.64. The summed E-state index contributed by atoms with van der Waals surface area (Å²) >= 11 is 0. The largest absolute Gasteiger partial charge is 0.492 e. The second-order valence-corrected chi connectivity index (χ2v) is 6.44. The van der Waals surface area contributed by atoms with Gasteiger partial charge >= 0.3 is 7.12 Å². The normalized spacial score (nSPS) is 14.9. The van der Waals surface area contributed by atoms with Crippen molar-refractivity contribution in [2.45, 2.75) is 18.9 Å². The molecule has 8 nitrogen and oxygen atoms in total. The predicted molar refractivity (Wildman–Crippen MR) is 102 cm³/mol. The first kappa shape index (κ1) is 17.5. The fourth-order valence-electron chi connectivity index (χ4n) is 3.24. The molecule has 0 aliphatic carbocycles. The monoisotopic (exact) mass is 363 g/mol. The van der Waals surface area contributed by atoms with Gasteiger partial charge in [-0.2, -0.15) is 5.10 Å². The first-order valence-corrected chi connectivity index (χ1v) is 8.71. The van der Waals surface area contributed by atoms with Gasteiger partial charge in [-0.1, -0.05) is 0 Å². The zero-order valence-corrected chi connectivity index (χ0v) is 14.5. The summed E-state index contributed by atoms with van der Waals surface area (Å²) in [6, 6.07) is 7.52. The molecule has 4 rings (SSSR count). The minimum absolute atomic E-state index is 0.204. The van der Waals surface area contributed by atoms with Crippen molar-refractivity contribution in [3.63, 3.8) is 0 Å². The second-order valence-electron chi connectivity index (χ2n) is 6.44. The lowest BCUT2D eigenvalue weighted by Crippen LogP contribution is -2.36. The maximum Gasteiger partial charge on any atom is 0.492 e. The second kappa shape index (κ2) is 7.36. The topological polar surface area (TPSA) is 96.3 Å². The highest BCUT2D eigenvalue weighted by atomic mass is 16.5. The van der Waals surface area contributed by atoms with Gasteiger partial charge in [-0.15, -0.1) is 0 Å². The van der Waals surface area contributed by atoms with Crippen LogP contribution in [0.15, 0.2) is 36.7 Å². The molecule has 0 atom stereocenters. The fraction of sp³-hybridized carbons (Fsp3) is 0.278. The van der Waals surface area contributed by atoms with E-state index in [-0.39, 0.29) is 6.04 Å². The summed E-state index contributed by atoms with van der Waals surface area (Å²) in [5.74, 6) is 0. The van der Waals surface area contributed by atoms with Crippen molar-refractivity contribution in [1.82, 2.24) is 14.6 Å². The van der Waals surface area contributed by atoms with Crippen LogP contribution < -0.4 is 10.8 Å². The fourth-order valence-corrected chi connectivity index (χ4v) is 3.24. The third-order valence-corrected chi connectivity index (χ3v) is 4.67. The first-order chi connectivity index (χ1) is 13.2. The number of pyridine rings is 1. The predicted octanol–water partition coefficient (Wildman–Crippen LogP) is 1.22. The number of nitrogens with one attached hydrogen (secondary N) is 1. The SMILES string of the molecule is [C-]#[N+]c1cnn2c(-c3cc(NC4CCOCC4)c(B(O)O)cn3)ccc2c1. The molecule has 4 heterocycles. The van der Waals surface area contributed by atoms with Crippen LogP contribution in [0.25, 0.3) is 21.7 Å². The van der Waals surface area contributed by atoms with E-state index < -0.39 is 7.12 Å². The number of fused-ring (bicyclic) bond motifs is 1. The molecule has 1 aliphatic heterocycles. The number of hydrogen-bond acceptors (Lipinski definition) is 6. The summed E-state index contributed by atoms with van der Waals surface area (Å²) < 4.78 is 7.09. The maximum absolute atomic E-state index is 9.69. The van der Waals surface area contributed by atoms with E-state index in [2.05, 4.69) is 20.2 Å². The highest BCUT2D eigenvalue weighted by molar-refractivity contribution is 6.60. The van der Waals surface area contributed by atoms with Crippen LogP contribution in [0.1, 0.15) is 12.8 Å². The molecule has 0 spiro atoms. The molecule has 0 unspecified atom stereocenters. The van der Waals surface area contributed by atoms with E-state index in [4.69, 9.17) is 11.3 Å². The van der Waals surface area contributed by atoms with E-state index >= 15 is 0 Å². The standard InChI is InChI=1S/C18H18BN5O3/c1-20-13-8-14-2-3-18(24(14)22-10-13)17-9-16(15(11-21-17)19(25)26)23-12-4-6-27-7-5-12/h2-3,8-12,25-26H,4-7H2,(H,21,23). The maximum atomic E-state index is 9.69. The zero-order valence-electron chi connectivity index (χ0n) is 14.5. The molecule has 0 amide bonds. The van der Waals surface area contributed by atoms with Crippen LogP contribution in [0.2, 0.25) is 0 Å². The average molecular weight is 363 g/mol. The van der Waals surface area contributed by atoms with E-state index in [0.29, 0.717) is 35.7 Å². The van der Waals surface area contributed by atoms with Crippen LogP contribution >= 0.6 is 0 Å². The van der Waals surface area contributed by atoms with Gasteiger partial charge in [0.2, 0.25) is 5.69 Å². The van der Waals surface area contributed by atoms with Crippen LogP contribution in [-0.2, 0) is 4.74 Å². The molecule has 3 aromatic heterocycles. The molecule has 0 bridgehead atoms. The molecular weight excluding hydrogens is 345 g/mol. The number of nitrogens with zero attached hydrogens (tertiary/aromatic N) is 4. The number of hydrogen-bond donors (Lipinski definition) is 3. The van der Waals surface area contributed by atoms with E-state index in [1.165, 1.54) is 12.4 Å². The Morgan fingerprint density at radius 1 is 1.22 bits per heavy atom. The van der Waals surface area contributed by atoms with Crippen LogP contribution in [0.5, 0.6) is 0 Å². The molecule has 0 aromatic carbocycles. The van der Waals surface area contributed by atoms with Gasteiger partial charge in [0.25, 0.3) is 0 Å². The van der Waals surface area contributed by atoms with E-state index in [9.17, 15) is 10.0 Å². The Labute approximate surface area is 156 Å². The Hall–Kier alpha value is -2.93. The number of ether oxygens (including phenoxy) is 1. The van der Waals surface area contributed by atoms with Crippen LogP contribution in [0, 0.1) is 6.57 Å². The third kappa shape index (κ3) is 3.50. The lowest BCUT2D eigenvalue weighted by atomic mass is 9.79. The van der Waals surface area contributed by atoms with Crippen molar-refractivity contribution < 1.29 is 14.8 Å². The van der Waals surface area contributed by atoms with Gasteiger partial charge in [0.1, 0.15) is 0 Å². The molecule has 1 fully saturated rings. The molecule has 3 aromatic rings. The first-order valence-electron chi connectivity index (χ1n) is 8.71. The molecule has 0 radical (unpaired) electrons. The van der Waals surface area contributed by atoms with Gasteiger partial charge in [0, 0.05) is 36.6 Å². The highest BCUT2D eigenvalue weighted by Gasteiger charge is 2.22. The summed E-state index contributed by atoms with van der Waals surface area (Å²) in [7, 11) is -1.61. The third-order valence-electron chi connectivity index (χ3n) is 4.67. The summed E-state index contributed by atoms with van der Waals surface area (Å²) in [4.78, 5) is 7.78. The van der Waals surface area contributed by atoms with Gasteiger partial charge < -0.3 is 20.1 Å². The Kier molecular flexibility index (Phi) is 4.77. The zero-order chi connectivity index (χ0) is 18.8. The average Bonchev–Trinajstić information content (AvgIpc) is 3.11. The van der Waals surface area contributed by atoms with E-state index in [1.807, 2.05) is 12.1 Å². The van der Waals surface area contributed by atoms with Crippen LogP contribution in [-0.4, -0.2) is 51.0 Å². The lowest BCUT2D eigenvalue weighted by Gasteiger charge is -2.25. The minimum atomic E-state index is -1.61. The molecule has 0 saturated carbocycles. The molecular formula is C18H18BN5O3. The Bertz CT molecular complexity index is 1010. The quantitative estimate of drug-likeness (QED) is 0.477. The lowest BCUT2D eigenvalue weighted by molar-refractivity contribution is 0.0905. The summed E-state index contributed by atoms with van der Waals surface area (Å²) in [6.45, 7) is 8.47. The van der Waals surface area contributed by atoms with Gasteiger partial charge in [-0.25, -0.2) is 9.36 Å². The minimum Gasteiger partial charge on any atom is -0.423 e. The van der Waals surface area contributed by atoms with Crippen molar-refractivity contribution in [2.24, 2.45) is 0 Å². The smallest absolute Gasteiger partial charge is 0.423 e. The number of aromatic nitrogens is 3. The van der Waals surface area contributed by atoms with Crippen molar-refractivity contribution in [3.05, 3.63) is 48.1 Å². The van der Waals surface area contributed by atoms with Crippen molar-refractivity contribution in [2.75, 3.05) is 18.5 Å². The Balaban J connectivity index is 1.73. The Morgan fingerprint density at radius 2 is 2.04 bits per heavy atom. The van der Waals surface area contributed by atoms with Crippen molar-refractivity contribution >= 4 is 29.5 Å². The van der Waals surface area contributed by atoms with Gasteiger partial charge in [-0.05, 0) is 37.1 Å². The van der Waals surface area contributed by atoms with Gasteiger partial charge in [-0.3, -0.25) is 4.98 Å². The highest BCUT2D eigenvalue weighted by Crippen LogP contribution is 2.25. The van der Waals surface area contributed by atoms with Crippen LogP contribution in [0.3, 0.4) is 0 Å². The van der Waals surface area contributed by atoms with E-state index in [1.54, 1.807) is 16.6 Å². The van der Waals surface area contributed by atoms with Gasteiger partial charge in [0.15, 0.2) is 0 Å². The number of anilines is 1. The van der Waals surface area contributed by atoms with Crippen molar-refractivity contribution in [3.8, 4) is 11.4 Å². The van der Waals surface area contributed by atoms with Crippen LogP contribution in [0.4, 0.5) is 11.4 Å². The molecule has 27 heavy (non-hydrogen) atoms.